The Balaban J connectivity index is 1.39. The summed E-state index contributed by atoms with van der Waals surface area (Å²) in [6, 6.07) is 2.96. The summed E-state index contributed by atoms with van der Waals surface area (Å²) in [5.74, 6) is -2.47. The minimum absolute atomic E-state index is 0.0135. The van der Waals surface area contributed by atoms with Crippen molar-refractivity contribution < 1.29 is 42.8 Å². The lowest BCUT2D eigenvalue weighted by Gasteiger charge is -2.73. The first-order chi connectivity index (χ1) is 22.9. The Morgan fingerprint density at radius 2 is 1.82 bits per heavy atom. The second kappa shape index (κ2) is 13.2. The van der Waals surface area contributed by atoms with Crippen LogP contribution in [0, 0.1) is 23.2 Å². The molecule has 2 saturated carbocycles. The van der Waals surface area contributed by atoms with Crippen molar-refractivity contribution in [2.75, 3.05) is 33.3 Å². The van der Waals surface area contributed by atoms with Crippen molar-refractivity contribution in [3.8, 4) is 5.75 Å². The van der Waals surface area contributed by atoms with Crippen LogP contribution in [0.3, 0.4) is 0 Å². The largest absolute Gasteiger partial charge is 0.496 e. The molecule has 2 heterocycles. The van der Waals surface area contributed by atoms with E-state index in [2.05, 4.69) is 38.3 Å². The van der Waals surface area contributed by atoms with E-state index in [1.165, 1.54) is 12.0 Å². The normalized spacial score (nSPS) is 28.4. The van der Waals surface area contributed by atoms with E-state index in [9.17, 15) is 24.0 Å². The molecule has 5 amide bonds. The maximum atomic E-state index is 13.8. The maximum Gasteiger partial charge on any atom is 0.482 e. The molecule has 2 aliphatic carbocycles. The Kier molecular flexibility index (Phi) is 9.87. The number of fused-ring (bicyclic) bond motifs is 4. The molecule has 0 spiro atoms. The average Bonchev–Trinajstić information content (AvgIpc) is 3.30. The first kappa shape index (κ1) is 36.6. The number of nitrogens with zero attached hydrogens (tertiary/aromatic N) is 2. The summed E-state index contributed by atoms with van der Waals surface area (Å²) in [6.45, 7) is 16.0. The molecule has 14 nitrogen and oxygen atoms in total. The average molecular weight is 684 g/mol. The molecule has 1 aromatic rings. The van der Waals surface area contributed by atoms with E-state index in [4.69, 9.17) is 24.5 Å². The number of methoxy groups -OCH3 is 1. The van der Waals surface area contributed by atoms with Gasteiger partial charge in [-0.2, -0.15) is 0 Å². The molecule has 0 bridgehead atoms. The molecule has 7 atom stereocenters. The number of piperazine rings is 1. The highest BCUT2D eigenvalue weighted by Gasteiger charge is 2.78. The van der Waals surface area contributed by atoms with Gasteiger partial charge in [0.2, 0.25) is 5.91 Å². The number of likely N-dealkylation sites (N-methyl/N-ethyl adjacent to an activating group) is 1. The summed E-state index contributed by atoms with van der Waals surface area (Å²) in [6.07, 6.45) is -0.0416. The standard InChI is InChI=1S/C34H50BN5O9/c1-10-39-14-15-40(29(43)28(39)42)31(45)37-21(17-36)27(41)38-22(35-48-26-23-18(2)33(6,7)25(23)34(26,8)49-35)16-19-12-11-13-20(24(19)46-9)30(44)47-32(3,4)5/h11-13,18,21-23,25-26H,10,14-17,36H2,1-9H3,(H,37,45)(H,38,41)/t18-,21+,22-,23?,25-,26+,34-/m0/s1. The Labute approximate surface area is 288 Å². The van der Waals surface area contributed by atoms with Gasteiger partial charge < -0.3 is 40.0 Å². The highest BCUT2D eigenvalue weighted by atomic mass is 16.7. The topological polar surface area (TPSA) is 179 Å². The van der Waals surface area contributed by atoms with Gasteiger partial charge in [-0.25, -0.2) is 9.59 Å². The third kappa shape index (κ3) is 6.40. The van der Waals surface area contributed by atoms with Crippen molar-refractivity contribution in [3.63, 3.8) is 0 Å². The lowest BCUT2D eigenvalue weighted by atomic mass is 9.34. The Morgan fingerprint density at radius 1 is 1.12 bits per heavy atom. The van der Waals surface area contributed by atoms with Crippen LogP contribution in [0.25, 0.3) is 0 Å². The van der Waals surface area contributed by atoms with Crippen molar-refractivity contribution in [1.82, 2.24) is 20.4 Å². The fourth-order valence-electron chi connectivity index (χ4n) is 8.25. The van der Waals surface area contributed by atoms with Crippen LogP contribution >= 0.6 is 0 Å². The molecule has 4 fully saturated rings. The van der Waals surface area contributed by atoms with Crippen LogP contribution in [0.4, 0.5) is 4.79 Å². The van der Waals surface area contributed by atoms with Crippen LogP contribution in [-0.2, 0) is 34.9 Å². The van der Waals surface area contributed by atoms with E-state index in [1.54, 1.807) is 45.9 Å². The second-order valence-corrected chi connectivity index (χ2v) is 15.3. The number of esters is 1. The molecule has 4 aliphatic rings. The predicted molar refractivity (Wildman–Crippen MR) is 179 cm³/mol. The minimum Gasteiger partial charge on any atom is -0.496 e. The number of nitrogens with two attached hydrogens (primary N) is 1. The van der Waals surface area contributed by atoms with Crippen molar-refractivity contribution in [2.45, 2.75) is 91.1 Å². The molecule has 268 valence electrons. The lowest BCUT2D eigenvalue weighted by Crippen LogP contribution is -2.78. The van der Waals surface area contributed by atoms with Gasteiger partial charge in [0.25, 0.3) is 0 Å². The van der Waals surface area contributed by atoms with Gasteiger partial charge in [0.1, 0.15) is 23.0 Å². The number of rotatable bonds is 10. The van der Waals surface area contributed by atoms with Gasteiger partial charge >= 0.3 is 30.9 Å². The molecular formula is C34H50BN5O9. The van der Waals surface area contributed by atoms with Crippen LogP contribution in [-0.4, -0.2) is 109 Å². The number of hydrogen-bond donors (Lipinski definition) is 3. The summed E-state index contributed by atoms with van der Waals surface area (Å²) in [7, 11) is 0.579. The van der Waals surface area contributed by atoms with Crippen molar-refractivity contribution in [3.05, 3.63) is 29.3 Å². The van der Waals surface area contributed by atoms with E-state index in [1.807, 2.05) is 0 Å². The van der Waals surface area contributed by atoms with E-state index < -0.39 is 60.0 Å². The number of nitrogens with one attached hydrogen (secondary N) is 2. The summed E-state index contributed by atoms with van der Waals surface area (Å²) in [5, 5.41) is 5.49. The summed E-state index contributed by atoms with van der Waals surface area (Å²) >= 11 is 0. The highest BCUT2D eigenvalue weighted by Crippen LogP contribution is 2.72. The molecule has 2 saturated heterocycles. The zero-order chi connectivity index (χ0) is 36.2. The van der Waals surface area contributed by atoms with Crippen molar-refractivity contribution >= 4 is 36.8 Å². The minimum atomic E-state index is -1.25. The molecular weight excluding hydrogens is 633 g/mol. The first-order valence-corrected chi connectivity index (χ1v) is 17.0. The molecule has 1 aromatic carbocycles. The number of urea groups is 1. The Morgan fingerprint density at radius 3 is 2.43 bits per heavy atom. The number of imide groups is 1. The smallest absolute Gasteiger partial charge is 0.482 e. The fourth-order valence-corrected chi connectivity index (χ4v) is 8.25. The number of hydrogen-bond acceptors (Lipinski definition) is 10. The van der Waals surface area contributed by atoms with Gasteiger partial charge in [-0.05, 0) is 75.8 Å². The molecule has 2 aliphatic heterocycles. The molecule has 5 rings (SSSR count). The fraction of sp³-hybridized carbons (Fsp3) is 0.676. The molecule has 0 radical (unpaired) electrons. The number of carbonyl (C=O) groups is 5. The first-order valence-electron chi connectivity index (χ1n) is 17.0. The number of para-hydroxylation sites is 1. The van der Waals surface area contributed by atoms with Crippen LogP contribution in [0.5, 0.6) is 5.75 Å². The zero-order valence-corrected chi connectivity index (χ0v) is 30.0. The molecule has 0 aromatic heterocycles. The Hall–Kier alpha value is -3.69. The van der Waals surface area contributed by atoms with Crippen LogP contribution in [0.15, 0.2) is 18.2 Å². The quantitative estimate of drug-likeness (QED) is 0.186. The van der Waals surface area contributed by atoms with E-state index in [-0.39, 0.29) is 54.8 Å². The van der Waals surface area contributed by atoms with Crippen molar-refractivity contribution in [2.24, 2.45) is 28.9 Å². The highest BCUT2D eigenvalue weighted by molar-refractivity contribution is 6.48. The SMILES string of the molecule is CCN1CCN(C(=O)N[C@H](CN)C(=O)N[C@@H](Cc2cccc(C(=O)OC(C)(C)C)c2OC)B2O[C@@H]3C4[C@H](C)C(C)(C)[C@H]4[C@]3(C)O2)C(=O)C1=O. The molecule has 1 unspecified atom stereocenters. The third-order valence-corrected chi connectivity index (χ3v) is 10.9. The van der Waals surface area contributed by atoms with E-state index in [0.29, 0.717) is 23.9 Å². The monoisotopic (exact) mass is 683 g/mol. The molecule has 49 heavy (non-hydrogen) atoms. The van der Waals surface area contributed by atoms with Gasteiger partial charge in [-0.3, -0.25) is 19.3 Å². The predicted octanol–water partition coefficient (Wildman–Crippen LogP) is 1.53. The number of carbonyl (C=O) groups excluding carboxylic acids is 5. The maximum absolute atomic E-state index is 13.8. The number of ether oxygens (including phenoxy) is 2. The number of amides is 5. The molecule has 15 heteroatoms. The van der Waals surface area contributed by atoms with Gasteiger partial charge in [-0.1, -0.05) is 32.9 Å². The summed E-state index contributed by atoms with van der Waals surface area (Å²) < 4.78 is 24.6. The van der Waals surface area contributed by atoms with E-state index >= 15 is 0 Å². The third-order valence-electron chi connectivity index (χ3n) is 10.9. The molecule has 4 N–H and O–H groups in total. The lowest BCUT2D eigenvalue weighted by molar-refractivity contribution is -0.300. The summed E-state index contributed by atoms with van der Waals surface area (Å²) in [5.41, 5.74) is 5.54. The zero-order valence-electron chi connectivity index (χ0n) is 30.0. The number of benzene rings is 1. The van der Waals surface area contributed by atoms with Gasteiger partial charge in [0.05, 0.1) is 24.8 Å². The van der Waals surface area contributed by atoms with Gasteiger partial charge in [-0.15, -0.1) is 0 Å². The van der Waals surface area contributed by atoms with Crippen LogP contribution in [0.1, 0.15) is 71.3 Å². The van der Waals surface area contributed by atoms with Gasteiger partial charge in [0.15, 0.2) is 0 Å². The van der Waals surface area contributed by atoms with E-state index in [0.717, 1.165) is 4.90 Å². The Bertz CT molecular complexity index is 1510. The van der Waals surface area contributed by atoms with Gasteiger partial charge in [0, 0.05) is 26.2 Å². The van der Waals surface area contributed by atoms with Crippen molar-refractivity contribution in [1.29, 1.82) is 0 Å². The summed E-state index contributed by atoms with van der Waals surface area (Å²) in [4.78, 5) is 67.2. The second-order valence-electron chi connectivity index (χ2n) is 15.3. The van der Waals surface area contributed by atoms with Crippen LogP contribution in [0.2, 0.25) is 0 Å². The van der Waals surface area contributed by atoms with Crippen LogP contribution < -0.4 is 21.1 Å².